The van der Waals surface area contributed by atoms with E-state index in [9.17, 15) is 15.0 Å². The van der Waals surface area contributed by atoms with Crippen LogP contribution in [0.25, 0.3) is 0 Å². The molecular formula is C5H4N3O3+. The van der Waals surface area contributed by atoms with Crippen LogP contribution >= 0.6 is 0 Å². The van der Waals surface area contributed by atoms with E-state index in [1.165, 1.54) is 24.4 Å². The first-order valence-corrected chi connectivity index (χ1v) is 2.74. The van der Waals surface area contributed by atoms with Gasteiger partial charge in [-0.05, 0) is 6.07 Å². The number of pyridine rings is 1. The van der Waals surface area contributed by atoms with Crippen LogP contribution in [0.2, 0.25) is 0 Å². The molecule has 0 atom stereocenters. The van der Waals surface area contributed by atoms with Crippen LogP contribution < -0.4 is 4.68 Å². The Kier molecular flexibility index (Phi) is 1.86. The average molecular weight is 154 g/mol. The normalized spacial score (nSPS) is 9.09. The second-order valence-electron chi connectivity index (χ2n) is 1.74. The van der Waals surface area contributed by atoms with E-state index < -0.39 is 4.92 Å². The number of nitroso groups, excluding NO2 is 1. The Morgan fingerprint density at radius 1 is 1.55 bits per heavy atom. The molecule has 6 heteroatoms. The minimum atomic E-state index is -0.679. The minimum Gasteiger partial charge on any atom is -0.253 e. The Labute approximate surface area is 61.2 Å². The molecule has 0 aliphatic carbocycles. The number of hydrogen-bond donors (Lipinski definition) is 0. The Hall–Kier alpha value is -1.85. The van der Waals surface area contributed by atoms with Crippen molar-refractivity contribution in [2.75, 3.05) is 0 Å². The number of hydrogen-bond acceptors (Lipinski definition) is 4. The van der Waals surface area contributed by atoms with Crippen LogP contribution in [0.5, 0.6) is 0 Å². The Morgan fingerprint density at radius 3 is 2.73 bits per heavy atom. The summed E-state index contributed by atoms with van der Waals surface area (Å²) in [7, 11) is 0. The van der Waals surface area contributed by atoms with Crippen LogP contribution in [0.4, 0.5) is 5.82 Å². The molecule has 56 valence electrons. The maximum absolute atomic E-state index is 10.2. The zero-order valence-corrected chi connectivity index (χ0v) is 5.38. The summed E-state index contributed by atoms with van der Waals surface area (Å²) in [6.07, 6.45) is 1.21. The van der Waals surface area contributed by atoms with E-state index >= 15 is 0 Å². The molecule has 0 unspecified atom stereocenters. The molecule has 0 saturated heterocycles. The maximum Gasteiger partial charge on any atom is 0.534 e. The predicted octanol–water partition coefficient (Wildman–Crippen LogP) is 0.412. The molecule has 1 rings (SSSR count). The summed E-state index contributed by atoms with van der Waals surface area (Å²) in [4.78, 5) is 19.4. The molecule has 1 heterocycles. The molecule has 0 aliphatic rings. The molecule has 0 aromatic carbocycles. The van der Waals surface area contributed by atoms with Crippen molar-refractivity contribution in [2.45, 2.75) is 0 Å². The number of rotatable bonds is 2. The van der Waals surface area contributed by atoms with Crippen LogP contribution in [0.3, 0.4) is 0 Å². The lowest BCUT2D eigenvalue weighted by atomic mass is 10.5. The summed E-state index contributed by atoms with van der Waals surface area (Å²) in [5.41, 5.74) is 0. The van der Waals surface area contributed by atoms with Gasteiger partial charge in [0.05, 0.1) is 6.07 Å². The first-order valence-electron chi connectivity index (χ1n) is 2.74. The van der Waals surface area contributed by atoms with Crippen molar-refractivity contribution in [2.24, 2.45) is 5.29 Å². The predicted molar refractivity (Wildman–Crippen MR) is 34.5 cm³/mol. The van der Waals surface area contributed by atoms with Crippen molar-refractivity contribution in [1.82, 2.24) is 0 Å². The monoisotopic (exact) mass is 154 g/mol. The first kappa shape index (κ1) is 7.26. The van der Waals surface area contributed by atoms with Gasteiger partial charge in [0, 0.05) is 10.7 Å². The highest BCUT2D eigenvalue weighted by Crippen LogP contribution is 2.00. The summed E-state index contributed by atoms with van der Waals surface area (Å²) >= 11 is 0. The number of nitro groups is 1. The molecule has 1 aromatic rings. The Bertz CT molecular complexity index is 299. The lowest BCUT2D eigenvalue weighted by Crippen LogP contribution is -2.29. The Balaban J connectivity index is 3.22. The molecule has 0 saturated carbocycles. The minimum absolute atomic E-state index is 0.345. The van der Waals surface area contributed by atoms with Crippen molar-refractivity contribution < 1.29 is 9.60 Å². The van der Waals surface area contributed by atoms with E-state index in [1.807, 2.05) is 0 Å². The van der Waals surface area contributed by atoms with Crippen molar-refractivity contribution in [3.05, 3.63) is 39.4 Å². The lowest BCUT2D eigenvalue weighted by molar-refractivity contribution is -0.723. The van der Waals surface area contributed by atoms with Gasteiger partial charge >= 0.3 is 5.82 Å². The summed E-state index contributed by atoms with van der Waals surface area (Å²) in [5, 5.41) is 12.6. The quantitative estimate of drug-likeness (QED) is 0.268. The van der Waals surface area contributed by atoms with Crippen molar-refractivity contribution >= 4 is 5.82 Å². The first-order chi connectivity index (χ1) is 5.25. The van der Waals surface area contributed by atoms with Crippen LogP contribution in [-0.4, -0.2) is 4.92 Å². The van der Waals surface area contributed by atoms with Crippen LogP contribution in [0.15, 0.2) is 29.7 Å². The van der Waals surface area contributed by atoms with Crippen molar-refractivity contribution in [3.63, 3.8) is 0 Å². The molecule has 0 radical (unpaired) electrons. The standard InChI is InChI=1S/C5H4N3O3/c9-6-7-4-2-1-3-5(7)8(10)11/h1-4H/q+1. The lowest BCUT2D eigenvalue weighted by Gasteiger charge is -1.82. The molecule has 11 heavy (non-hydrogen) atoms. The summed E-state index contributed by atoms with van der Waals surface area (Å²) in [6, 6.07) is 4.13. The summed E-state index contributed by atoms with van der Waals surface area (Å²) in [5.74, 6) is -0.345. The zero-order chi connectivity index (χ0) is 8.27. The molecule has 0 spiro atoms. The second-order valence-corrected chi connectivity index (χ2v) is 1.74. The van der Waals surface area contributed by atoms with Gasteiger partial charge in [-0.3, -0.25) is 10.1 Å². The Morgan fingerprint density at radius 2 is 2.27 bits per heavy atom. The van der Waals surface area contributed by atoms with Gasteiger partial charge in [0.1, 0.15) is 4.92 Å². The molecule has 6 nitrogen and oxygen atoms in total. The largest absolute Gasteiger partial charge is 0.534 e. The summed E-state index contributed by atoms with van der Waals surface area (Å²) in [6.45, 7) is 0. The molecule has 0 N–H and O–H groups in total. The van der Waals surface area contributed by atoms with Gasteiger partial charge in [-0.2, -0.15) is 0 Å². The van der Waals surface area contributed by atoms with E-state index in [0.717, 1.165) is 0 Å². The fourth-order valence-electron chi connectivity index (χ4n) is 0.639. The van der Waals surface area contributed by atoms with Crippen LogP contribution in [-0.2, 0) is 0 Å². The highest BCUT2D eigenvalue weighted by molar-refractivity contribution is 5.09. The average Bonchev–Trinajstić information content (AvgIpc) is 2.04. The molecule has 0 amide bonds. The van der Waals surface area contributed by atoms with E-state index in [1.54, 1.807) is 0 Å². The van der Waals surface area contributed by atoms with E-state index in [-0.39, 0.29) is 5.82 Å². The fraction of sp³-hybridized carbons (Fsp3) is 0. The van der Waals surface area contributed by atoms with Gasteiger partial charge in [0.15, 0.2) is 0 Å². The topological polar surface area (TPSA) is 76.5 Å². The third-order valence-electron chi connectivity index (χ3n) is 1.09. The van der Waals surface area contributed by atoms with Gasteiger partial charge < -0.3 is 0 Å². The van der Waals surface area contributed by atoms with Crippen LogP contribution in [0, 0.1) is 15.0 Å². The molecule has 0 bridgehead atoms. The van der Waals surface area contributed by atoms with Gasteiger partial charge in [0.2, 0.25) is 6.20 Å². The van der Waals surface area contributed by atoms with Crippen molar-refractivity contribution in [1.29, 1.82) is 0 Å². The van der Waals surface area contributed by atoms with E-state index in [2.05, 4.69) is 5.29 Å². The molecule has 0 fully saturated rings. The van der Waals surface area contributed by atoms with Gasteiger partial charge in [0.25, 0.3) is 5.29 Å². The SMILES string of the molecule is O=N[n+]1ccccc1[N+](=O)[O-]. The van der Waals surface area contributed by atoms with Gasteiger partial charge in [-0.15, -0.1) is 0 Å². The van der Waals surface area contributed by atoms with Gasteiger partial charge in [-0.25, -0.2) is 0 Å². The number of nitrogens with zero attached hydrogens (tertiary/aromatic N) is 3. The smallest absolute Gasteiger partial charge is 0.253 e. The van der Waals surface area contributed by atoms with E-state index in [0.29, 0.717) is 4.68 Å². The third kappa shape index (κ3) is 1.34. The number of aromatic nitrogens is 1. The molecular weight excluding hydrogens is 150 g/mol. The fourth-order valence-corrected chi connectivity index (χ4v) is 0.639. The zero-order valence-electron chi connectivity index (χ0n) is 5.38. The summed E-state index contributed by atoms with van der Waals surface area (Å²) < 4.78 is 0.653. The van der Waals surface area contributed by atoms with E-state index in [4.69, 9.17) is 0 Å². The molecule has 1 aromatic heterocycles. The van der Waals surface area contributed by atoms with Gasteiger partial charge in [-0.1, -0.05) is 4.91 Å². The van der Waals surface area contributed by atoms with Crippen molar-refractivity contribution in [3.8, 4) is 0 Å². The highest BCUT2D eigenvalue weighted by Gasteiger charge is 2.21. The van der Waals surface area contributed by atoms with Crippen LogP contribution in [0.1, 0.15) is 0 Å². The third-order valence-corrected chi connectivity index (χ3v) is 1.09. The molecule has 0 aliphatic heterocycles. The highest BCUT2D eigenvalue weighted by atomic mass is 16.6. The maximum atomic E-state index is 10.2. The second kappa shape index (κ2) is 2.82.